The zero-order valence-electron chi connectivity index (χ0n) is 14.0. The van der Waals surface area contributed by atoms with Crippen LogP contribution in [0.25, 0.3) is 10.3 Å². The summed E-state index contributed by atoms with van der Waals surface area (Å²) >= 11 is 7.24. The average molecular weight is 388 g/mol. The highest BCUT2D eigenvalue weighted by atomic mass is 35.5. The van der Waals surface area contributed by atoms with Gasteiger partial charge in [0.05, 0.1) is 6.10 Å². The number of aromatic nitrogens is 2. The predicted octanol–water partition coefficient (Wildman–Crippen LogP) is 3.93. The van der Waals surface area contributed by atoms with Crippen molar-refractivity contribution in [3.8, 4) is 0 Å². The minimum atomic E-state index is -0.531. The number of amides is 1. The van der Waals surface area contributed by atoms with Gasteiger partial charge in [-0.15, -0.1) is 0 Å². The van der Waals surface area contributed by atoms with E-state index in [9.17, 15) is 9.90 Å². The fourth-order valence-corrected chi connectivity index (χ4v) is 4.35. The highest BCUT2D eigenvalue weighted by molar-refractivity contribution is 7.19. The minimum absolute atomic E-state index is 0.0487. The third kappa shape index (κ3) is 3.45. The molecule has 1 fully saturated rings. The molecule has 0 bridgehead atoms. The van der Waals surface area contributed by atoms with Gasteiger partial charge in [-0.25, -0.2) is 9.97 Å². The second kappa shape index (κ2) is 7.31. The molecular weight excluding hydrogens is 370 g/mol. The van der Waals surface area contributed by atoms with Crippen LogP contribution in [0, 0.1) is 5.92 Å². The van der Waals surface area contributed by atoms with Gasteiger partial charge in [-0.3, -0.25) is 4.79 Å². The lowest BCUT2D eigenvalue weighted by Gasteiger charge is -2.34. The van der Waals surface area contributed by atoms with Crippen LogP contribution in [-0.4, -0.2) is 39.0 Å². The lowest BCUT2D eigenvalue weighted by molar-refractivity contribution is 0.0462. The third-order valence-electron chi connectivity index (χ3n) is 4.83. The number of aliphatic hydroxyl groups is 1. The van der Waals surface area contributed by atoms with Gasteiger partial charge in [0.25, 0.3) is 5.91 Å². The van der Waals surface area contributed by atoms with Crippen LogP contribution in [0.5, 0.6) is 0 Å². The van der Waals surface area contributed by atoms with Crippen molar-refractivity contribution in [2.24, 2.45) is 5.92 Å². The molecule has 134 valence electrons. The summed E-state index contributed by atoms with van der Waals surface area (Å²) in [5, 5.41) is 11.7. The molecule has 0 spiro atoms. The minimum Gasteiger partial charge on any atom is -0.388 e. The van der Waals surface area contributed by atoms with Crippen LogP contribution >= 0.6 is 22.9 Å². The van der Waals surface area contributed by atoms with Crippen molar-refractivity contribution < 1.29 is 9.90 Å². The van der Waals surface area contributed by atoms with Gasteiger partial charge in [0.2, 0.25) is 0 Å². The van der Waals surface area contributed by atoms with Crippen LogP contribution in [0.2, 0.25) is 5.02 Å². The maximum Gasteiger partial charge on any atom is 0.282 e. The maximum atomic E-state index is 12.7. The number of fused-ring (bicyclic) bond motifs is 1. The Morgan fingerprint density at radius 1 is 1.23 bits per heavy atom. The number of hydrogen-bond acceptors (Lipinski definition) is 5. The van der Waals surface area contributed by atoms with E-state index in [1.54, 1.807) is 18.3 Å². The standard InChI is InChI=1S/C19H18ClN3O2S/c20-14-5-3-12(4-6-14)16(24)13-7-10-23(11-8-13)19(25)18-22-15-2-1-9-21-17(15)26-18/h1-6,9,13,16,24H,7-8,10-11H2. The highest BCUT2D eigenvalue weighted by Crippen LogP contribution is 2.32. The normalized spacial score (nSPS) is 16.8. The average Bonchev–Trinajstić information content (AvgIpc) is 3.12. The van der Waals surface area contributed by atoms with Crippen LogP contribution < -0.4 is 0 Å². The summed E-state index contributed by atoms with van der Waals surface area (Å²) in [6, 6.07) is 11.0. The maximum absolute atomic E-state index is 12.7. The summed E-state index contributed by atoms with van der Waals surface area (Å²) in [7, 11) is 0. The van der Waals surface area contributed by atoms with E-state index in [-0.39, 0.29) is 11.8 Å². The van der Waals surface area contributed by atoms with Gasteiger partial charge >= 0.3 is 0 Å². The molecule has 2 aromatic heterocycles. The summed E-state index contributed by atoms with van der Waals surface area (Å²) in [6.45, 7) is 1.25. The smallest absolute Gasteiger partial charge is 0.282 e. The molecule has 26 heavy (non-hydrogen) atoms. The molecule has 0 saturated carbocycles. The van der Waals surface area contributed by atoms with E-state index >= 15 is 0 Å². The Morgan fingerprint density at radius 2 is 1.96 bits per heavy atom. The molecule has 1 unspecified atom stereocenters. The Balaban J connectivity index is 1.41. The number of halogens is 1. The highest BCUT2D eigenvalue weighted by Gasteiger charge is 2.29. The number of rotatable bonds is 3. The van der Waals surface area contributed by atoms with Crippen molar-refractivity contribution >= 4 is 39.2 Å². The molecule has 4 rings (SSSR count). The number of nitrogens with zero attached hydrogens (tertiary/aromatic N) is 3. The molecule has 5 nitrogen and oxygen atoms in total. The Bertz CT molecular complexity index is 887. The summed E-state index contributed by atoms with van der Waals surface area (Å²) in [5.41, 5.74) is 1.63. The topological polar surface area (TPSA) is 66.3 Å². The van der Waals surface area contributed by atoms with Crippen LogP contribution in [0.4, 0.5) is 0 Å². The molecule has 1 atom stereocenters. The first kappa shape index (κ1) is 17.4. The zero-order valence-corrected chi connectivity index (χ0v) is 15.6. The van der Waals surface area contributed by atoms with Gasteiger partial charge < -0.3 is 10.0 Å². The first-order valence-electron chi connectivity index (χ1n) is 8.56. The fourth-order valence-electron chi connectivity index (χ4n) is 3.35. The Morgan fingerprint density at radius 3 is 2.65 bits per heavy atom. The predicted molar refractivity (Wildman–Crippen MR) is 102 cm³/mol. The number of carbonyl (C=O) groups is 1. The number of carbonyl (C=O) groups excluding carboxylic acids is 1. The largest absolute Gasteiger partial charge is 0.388 e. The second-order valence-corrected chi connectivity index (χ2v) is 7.89. The SMILES string of the molecule is O=C(c1nc2cccnc2s1)N1CCC(C(O)c2ccc(Cl)cc2)CC1. The fraction of sp³-hybridized carbons (Fsp3) is 0.316. The van der Waals surface area contributed by atoms with E-state index in [0.717, 1.165) is 28.8 Å². The number of likely N-dealkylation sites (tertiary alicyclic amines) is 1. The summed E-state index contributed by atoms with van der Waals surface area (Å²) in [6.07, 6.45) is 2.70. The van der Waals surface area contributed by atoms with Crippen molar-refractivity contribution in [2.45, 2.75) is 18.9 Å². The molecule has 1 amide bonds. The summed E-state index contributed by atoms with van der Waals surface area (Å²) in [5.74, 6) is 0.0877. The van der Waals surface area contributed by atoms with E-state index in [2.05, 4.69) is 9.97 Å². The van der Waals surface area contributed by atoms with Crippen molar-refractivity contribution in [1.29, 1.82) is 0 Å². The van der Waals surface area contributed by atoms with Gasteiger partial charge in [-0.1, -0.05) is 35.1 Å². The summed E-state index contributed by atoms with van der Waals surface area (Å²) in [4.78, 5) is 24.0. The molecule has 3 aromatic rings. The van der Waals surface area contributed by atoms with E-state index in [0.29, 0.717) is 23.1 Å². The van der Waals surface area contributed by atoms with Gasteiger partial charge in [0.15, 0.2) is 5.01 Å². The van der Waals surface area contributed by atoms with E-state index in [1.807, 2.05) is 29.2 Å². The number of pyridine rings is 1. The molecule has 1 aromatic carbocycles. The van der Waals surface area contributed by atoms with Crippen molar-refractivity contribution in [1.82, 2.24) is 14.9 Å². The number of hydrogen-bond donors (Lipinski definition) is 1. The molecule has 1 N–H and O–H groups in total. The first-order valence-corrected chi connectivity index (χ1v) is 9.75. The van der Waals surface area contributed by atoms with Crippen molar-refractivity contribution in [3.05, 3.63) is 58.2 Å². The van der Waals surface area contributed by atoms with Gasteiger partial charge in [-0.05, 0) is 48.6 Å². The van der Waals surface area contributed by atoms with Crippen molar-refractivity contribution in [2.75, 3.05) is 13.1 Å². The molecule has 1 aliphatic heterocycles. The van der Waals surface area contributed by atoms with Crippen LogP contribution in [0.15, 0.2) is 42.6 Å². The van der Waals surface area contributed by atoms with Crippen molar-refractivity contribution in [3.63, 3.8) is 0 Å². The number of piperidine rings is 1. The van der Waals surface area contributed by atoms with E-state index in [1.165, 1.54) is 11.3 Å². The zero-order chi connectivity index (χ0) is 18.1. The number of thiazole rings is 1. The molecule has 0 aliphatic carbocycles. The molecule has 1 saturated heterocycles. The first-order chi connectivity index (χ1) is 12.6. The lowest BCUT2D eigenvalue weighted by atomic mass is 9.87. The Kier molecular flexibility index (Phi) is 4.89. The molecule has 1 aliphatic rings. The lowest BCUT2D eigenvalue weighted by Crippen LogP contribution is -2.39. The van der Waals surface area contributed by atoms with Crippen LogP contribution in [0.3, 0.4) is 0 Å². The van der Waals surface area contributed by atoms with Gasteiger partial charge in [-0.2, -0.15) is 0 Å². The second-order valence-electron chi connectivity index (χ2n) is 6.47. The molecular formula is C19H18ClN3O2S. The Labute approximate surface area is 160 Å². The third-order valence-corrected chi connectivity index (χ3v) is 6.05. The molecule has 7 heteroatoms. The Hall–Kier alpha value is -2.02. The van der Waals surface area contributed by atoms with Gasteiger partial charge in [0.1, 0.15) is 10.3 Å². The number of benzene rings is 1. The van der Waals surface area contributed by atoms with Crippen LogP contribution in [-0.2, 0) is 0 Å². The molecule has 0 radical (unpaired) electrons. The van der Waals surface area contributed by atoms with Crippen LogP contribution in [0.1, 0.15) is 34.3 Å². The van der Waals surface area contributed by atoms with Gasteiger partial charge in [0, 0.05) is 24.3 Å². The summed E-state index contributed by atoms with van der Waals surface area (Å²) < 4.78 is 0. The number of aliphatic hydroxyl groups excluding tert-OH is 1. The van der Waals surface area contributed by atoms with E-state index < -0.39 is 6.10 Å². The van der Waals surface area contributed by atoms with E-state index in [4.69, 9.17) is 11.6 Å². The quantitative estimate of drug-likeness (QED) is 0.739. The monoisotopic (exact) mass is 387 g/mol. The molecule has 3 heterocycles.